The summed E-state index contributed by atoms with van der Waals surface area (Å²) < 4.78 is 11.9. The predicted molar refractivity (Wildman–Crippen MR) is 94.1 cm³/mol. The highest BCUT2D eigenvalue weighted by Crippen LogP contribution is 2.22. The van der Waals surface area contributed by atoms with E-state index in [2.05, 4.69) is 11.9 Å². The van der Waals surface area contributed by atoms with Crippen LogP contribution in [0.2, 0.25) is 45.3 Å². The van der Waals surface area contributed by atoms with Gasteiger partial charge >= 0.3 is 8.80 Å². The molecule has 8 heteroatoms. The zero-order chi connectivity index (χ0) is 16.9. The van der Waals surface area contributed by atoms with Gasteiger partial charge in [-0.25, -0.2) is 0 Å². The van der Waals surface area contributed by atoms with Gasteiger partial charge in [0.15, 0.2) is 16.6 Å². The fraction of sp³-hybridized carbons (Fsp3) is 0.769. The van der Waals surface area contributed by atoms with Gasteiger partial charge in [-0.3, -0.25) is 4.79 Å². The topological polar surface area (TPSA) is 67.8 Å². The molecular formula is C13H31NO4Si3. The van der Waals surface area contributed by atoms with Crippen molar-refractivity contribution in [2.75, 3.05) is 6.54 Å². The van der Waals surface area contributed by atoms with Gasteiger partial charge in [0.1, 0.15) is 0 Å². The van der Waals surface area contributed by atoms with Crippen LogP contribution in [0.5, 0.6) is 0 Å². The minimum absolute atomic E-state index is 0.155. The third-order valence-electron chi connectivity index (χ3n) is 2.27. The fourth-order valence-electron chi connectivity index (χ4n) is 1.74. The zero-order valence-electron chi connectivity index (χ0n) is 14.5. The molecule has 0 spiro atoms. The van der Waals surface area contributed by atoms with E-state index < -0.39 is 25.4 Å². The molecule has 0 heterocycles. The highest BCUT2D eigenvalue weighted by atomic mass is 28.5. The van der Waals surface area contributed by atoms with Gasteiger partial charge in [0.25, 0.3) is 0 Å². The first-order valence-electron chi connectivity index (χ1n) is 7.30. The summed E-state index contributed by atoms with van der Waals surface area (Å²) in [5, 5.41) is 2.76. The maximum atomic E-state index is 11.4. The monoisotopic (exact) mass is 349 g/mol. The summed E-state index contributed by atoms with van der Waals surface area (Å²) in [6, 6.07) is 0.470. The Morgan fingerprint density at radius 1 is 1.10 bits per heavy atom. The van der Waals surface area contributed by atoms with Crippen molar-refractivity contribution in [1.82, 2.24) is 5.32 Å². The number of rotatable bonds is 9. The maximum Gasteiger partial charge on any atom is 0.477 e. The summed E-state index contributed by atoms with van der Waals surface area (Å²) in [5.41, 5.74) is 0.485. The van der Waals surface area contributed by atoms with E-state index in [1.54, 1.807) is 6.92 Å². The van der Waals surface area contributed by atoms with Crippen molar-refractivity contribution in [3.63, 3.8) is 0 Å². The van der Waals surface area contributed by atoms with E-state index >= 15 is 0 Å². The Morgan fingerprint density at radius 3 is 1.86 bits per heavy atom. The third-order valence-corrected chi connectivity index (χ3v) is 10.7. The van der Waals surface area contributed by atoms with Gasteiger partial charge in [0.2, 0.25) is 5.91 Å². The van der Waals surface area contributed by atoms with Crippen LogP contribution in [-0.4, -0.2) is 42.7 Å². The molecule has 0 radical (unpaired) electrons. The molecule has 0 aliphatic heterocycles. The van der Waals surface area contributed by atoms with Gasteiger partial charge in [0, 0.05) is 18.2 Å². The highest BCUT2D eigenvalue weighted by Gasteiger charge is 2.43. The SMILES string of the molecule is C=C(C)C(=O)NCCC[Si](O)(O[Si](C)(C)C)O[Si](C)(C)C. The largest absolute Gasteiger partial charge is 0.477 e. The molecule has 0 saturated carbocycles. The standard InChI is InChI=1S/C13H31NO4Si3/c1-12(2)13(15)14-10-9-11-21(16,17-19(3,4)5)18-20(6,7)8/h16H,1,9-11H2,2-8H3,(H,14,15). The number of carbonyl (C=O) groups is 1. The van der Waals surface area contributed by atoms with Crippen molar-refractivity contribution in [3.05, 3.63) is 12.2 Å². The summed E-state index contributed by atoms with van der Waals surface area (Å²) in [7, 11) is -6.94. The molecule has 1 amide bonds. The van der Waals surface area contributed by atoms with E-state index in [1.165, 1.54) is 0 Å². The second-order valence-corrected chi connectivity index (χ2v) is 19.3. The molecule has 0 aliphatic carbocycles. The smallest absolute Gasteiger partial charge is 0.416 e. The molecule has 0 fully saturated rings. The van der Waals surface area contributed by atoms with Gasteiger partial charge < -0.3 is 18.3 Å². The Labute approximate surface area is 132 Å². The predicted octanol–water partition coefficient (Wildman–Crippen LogP) is 2.70. The van der Waals surface area contributed by atoms with Crippen molar-refractivity contribution < 1.29 is 17.8 Å². The number of nitrogens with one attached hydrogen (secondary N) is 1. The van der Waals surface area contributed by atoms with Crippen molar-refractivity contribution in [3.8, 4) is 0 Å². The highest BCUT2D eigenvalue weighted by molar-refractivity contribution is 6.85. The first-order valence-corrected chi connectivity index (χ1v) is 16.1. The minimum Gasteiger partial charge on any atom is -0.416 e. The Bertz CT molecular complexity index is 359. The van der Waals surface area contributed by atoms with E-state index in [0.29, 0.717) is 24.6 Å². The van der Waals surface area contributed by atoms with Crippen LogP contribution in [0, 0.1) is 0 Å². The molecular weight excluding hydrogens is 318 g/mol. The molecule has 0 atom stereocenters. The lowest BCUT2D eigenvalue weighted by Crippen LogP contribution is -2.55. The number of hydrogen-bond acceptors (Lipinski definition) is 4. The minimum atomic E-state index is -3.17. The normalized spacial score (nSPS) is 13.1. The summed E-state index contributed by atoms with van der Waals surface area (Å²) in [5.74, 6) is -0.155. The first-order chi connectivity index (χ1) is 9.24. The van der Waals surface area contributed by atoms with E-state index in [4.69, 9.17) is 8.23 Å². The molecule has 0 aromatic heterocycles. The Morgan fingerprint density at radius 2 is 1.52 bits per heavy atom. The number of carbonyl (C=O) groups excluding carboxylic acids is 1. The average molecular weight is 350 g/mol. The summed E-state index contributed by atoms with van der Waals surface area (Å²) >= 11 is 0. The van der Waals surface area contributed by atoms with Crippen molar-refractivity contribution in [2.24, 2.45) is 0 Å². The number of amides is 1. The van der Waals surface area contributed by atoms with Gasteiger partial charge in [-0.1, -0.05) is 6.58 Å². The van der Waals surface area contributed by atoms with Gasteiger partial charge in [-0.2, -0.15) is 0 Å². The lowest BCUT2D eigenvalue weighted by molar-refractivity contribution is -0.117. The summed E-state index contributed by atoms with van der Waals surface area (Å²) in [4.78, 5) is 22.2. The fourth-order valence-corrected chi connectivity index (χ4v) is 11.4. The summed E-state index contributed by atoms with van der Waals surface area (Å²) in [6.07, 6.45) is 0.636. The Hall–Kier alpha value is -0.259. The zero-order valence-corrected chi connectivity index (χ0v) is 17.5. The van der Waals surface area contributed by atoms with Crippen LogP contribution in [0.3, 0.4) is 0 Å². The van der Waals surface area contributed by atoms with Gasteiger partial charge in [-0.15, -0.1) is 0 Å². The van der Waals surface area contributed by atoms with Crippen LogP contribution < -0.4 is 5.32 Å². The van der Waals surface area contributed by atoms with Crippen LogP contribution in [0.25, 0.3) is 0 Å². The van der Waals surface area contributed by atoms with Crippen LogP contribution in [0.4, 0.5) is 0 Å². The van der Waals surface area contributed by atoms with Crippen LogP contribution in [0.1, 0.15) is 13.3 Å². The maximum absolute atomic E-state index is 11.4. The molecule has 0 unspecified atom stereocenters. The van der Waals surface area contributed by atoms with Gasteiger partial charge in [-0.05, 0) is 52.6 Å². The van der Waals surface area contributed by atoms with Crippen molar-refractivity contribution >= 4 is 31.3 Å². The molecule has 0 aromatic rings. The molecule has 0 rings (SSSR count). The molecule has 0 aliphatic rings. The van der Waals surface area contributed by atoms with Crippen LogP contribution in [-0.2, 0) is 13.0 Å². The summed E-state index contributed by atoms with van der Waals surface area (Å²) in [6.45, 7) is 18.0. The molecule has 0 saturated heterocycles. The Balaban J connectivity index is 4.55. The van der Waals surface area contributed by atoms with Crippen molar-refractivity contribution in [2.45, 2.75) is 58.7 Å². The molecule has 2 N–H and O–H groups in total. The van der Waals surface area contributed by atoms with Crippen molar-refractivity contribution in [1.29, 1.82) is 0 Å². The lowest BCUT2D eigenvalue weighted by Gasteiger charge is -2.36. The van der Waals surface area contributed by atoms with E-state index in [-0.39, 0.29) is 5.91 Å². The number of hydrogen-bond donors (Lipinski definition) is 2. The first kappa shape index (κ1) is 20.7. The molecule has 21 heavy (non-hydrogen) atoms. The second kappa shape index (κ2) is 7.84. The van der Waals surface area contributed by atoms with E-state index in [9.17, 15) is 9.59 Å². The molecule has 0 aromatic carbocycles. The second-order valence-electron chi connectivity index (χ2n) is 7.28. The molecule has 124 valence electrons. The quantitative estimate of drug-likeness (QED) is 0.381. The van der Waals surface area contributed by atoms with Crippen LogP contribution in [0.15, 0.2) is 12.2 Å². The molecule has 0 bridgehead atoms. The third kappa shape index (κ3) is 11.0. The van der Waals surface area contributed by atoms with E-state index in [1.807, 2.05) is 39.3 Å². The van der Waals surface area contributed by atoms with Gasteiger partial charge in [0.05, 0.1) is 0 Å². The Kier molecular flexibility index (Phi) is 7.74. The van der Waals surface area contributed by atoms with E-state index in [0.717, 1.165) is 0 Å². The lowest BCUT2D eigenvalue weighted by atomic mass is 10.3. The average Bonchev–Trinajstić information content (AvgIpc) is 2.18. The van der Waals surface area contributed by atoms with Crippen LogP contribution >= 0.6 is 0 Å². The molecule has 5 nitrogen and oxygen atoms in total.